The molecule has 6 nitrogen and oxygen atoms in total. The molecule has 1 rings (SSSR count). The van der Waals surface area contributed by atoms with E-state index in [1.54, 1.807) is 38.5 Å². The number of aliphatic hydroxyl groups excluding tert-OH is 1. The summed E-state index contributed by atoms with van der Waals surface area (Å²) in [7, 11) is 3.17. The lowest BCUT2D eigenvalue weighted by Crippen LogP contribution is -2.37. The summed E-state index contributed by atoms with van der Waals surface area (Å²) >= 11 is 0. The van der Waals surface area contributed by atoms with Gasteiger partial charge < -0.3 is 25.2 Å². The van der Waals surface area contributed by atoms with Crippen LogP contribution in [0.1, 0.15) is 11.7 Å². The summed E-state index contributed by atoms with van der Waals surface area (Å²) in [6, 6.07) is 7.17. The van der Waals surface area contributed by atoms with Crippen LogP contribution >= 0.6 is 0 Å². The number of benzene rings is 1. The molecule has 112 valence electrons. The van der Waals surface area contributed by atoms with Gasteiger partial charge in [-0.15, -0.1) is 0 Å². The van der Waals surface area contributed by atoms with Crippen molar-refractivity contribution in [2.24, 2.45) is 0 Å². The maximum Gasteiger partial charge on any atom is 0.234 e. The number of carbonyl (C=O) groups excluding carboxylic acids is 1. The summed E-state index contributed by atoms with van der Waals surface area (Å²) in [5.74, 6) is 0.621. The Bertz CT molecular complexity index is 395. The van der Waals surface area contributed by atoms with Crippen molar-refractivity contribution in [1.29, 1.82) is 0 Å². The van der Waals surface area contributed by atoms with Gasteiger partial charge in [-0.25, -0.2) is 0 Å². The first-order valence-electron chi connectivity index (χ1n) is 6.45. The number of hydrogen-bond acceptors (Lipinski definition) is 5. The summed E-state index contributed by atoms with van der Waals surface area (Å²) in [4.78, 5) is 11.4. The molecule has 0 heterocycles. The molecule has 3 N–H and O–H groups in total. The lowest BCUT2D eigenvalue weighted by molar-refractivity contribution is -0.120. The average Bonchev–Trinajstić information content (AvgIpc) is 2.47. The van der Waals surface area contributed by atoms with Gasteiger partial charge >= 0.3 is 0 Å². The standard InChI is InChI=1S/C14H22N2O4/c1-19-8-7-16-14(18)10-15-9-13(17)11-3-5-12(20-2)6-4-11/h3-6,13,15,17H,7-10H2,1-2H3,(H,16,18). The summed E-state index contributed by atoms with van der Waals surface area (Å²) in [5, 5.41) is 15.5. The smallest absolute Gasteiger partial charge is 0.234 e. The second-order valence-electron chi connectivity index (χ2n) is 4.26. The molecule has 1 amide bonds. The summed E-state index contributed by atoms with van der Waals surface area (Å²) in [5.41, 5.74) is 0.776. The van der Waals surface area contributed by atoms with Gasteiger partial charge in [-0.3, -0.25) is 4.79 Å². The van der Waals surface area contributed by atoms with Crippen molar-refractivity contribution in [2.45, 2.75) is 6.10 Å². The van der Waals surface area contributed by atoms with Gasteiger partial charge in [-0.2, -0.15) is 0 Å². The molecule has 0 aliphatic heterocycles. The van der Waals surface area contributed by atoms with Crippen LogP contribution in [-0.2, 0) is 9.53 Å². The summed E-state index contributed by atoms with van der Waals surface area (Å²) in [6.07, 6.45) is -0.660. The minimum absolute atomic E-state index is 0.121. The number of rotatable bonds is 9. The van der Waals surface area contributed by atoms with Gasteiger partial charge in [0.25, 0.3) is 0 Å². The Morgan fingerprint density at radius 2 is 2.00 bits per heavy atom. The fraction of sp³-hybridized carbons (Fsp3) is 0.500. The Morgan fingerprint density at radius 3 is 2.60 bits per heavy atom. The van der Waals surface area contributed by atoms with Crippen LogP contribution in [-0.4, -0.2) is 51.5 Å². The molecule has 1 atom stereocenters. The third kappa shape index (κ3) is 6.01. The number of carbonyl (C=O) groups is 1. The largest absolute Gasteiger partial charge is 0.497 e. The zero-order valence-corrected chi connectivity index (χ0v) is 11.9. The monoisotopic (exact) mass is 282 g/mol. The molecule has 0 aliphatic carbocycles. The number of nitrogens with one attached hydrogen (secondary N) is 2. The van der Waals surface area contributed by atoms with Crippen LogP contribution in [0.15, 0.2) is 24.3 Å². The molecule has 1 aromatic carbocycles. The van der Waals surface area contributed by atoms with Crippen LogP contribution in [0.25, 0.3) is 0 Å². The molecule has 0 saturated carbocycles. The van der Waals surface area contributed by atoms with Crippen molar-refractivity contribution in [2.75, 3.05) is 40.5 Å². The minimum Gasteiger partial charge on any atom is -0.497 e. The molecular formula is C14H22N2O4. The molecule has 1 aromatic rings. The van der Waals surface area contributed by atoms with Crippen LogP contribution in [0, 0.1) is 0 Å². The van der Waals surface area contributed by atoms with E-state index in [9.17, 15) is 9.90 Å². The van der Waals surface area contributed by atoms with Gasteiger partial charge in [-0.1, -0.05) is 12.1 Å². The Balaban J connectivity index is 2.25. The van der Waals surface area contributed by atoms with E-state index in [0.717, 1.165) is 11.3 Å². The molecule has 20 heavy (non-hydrogen) atoms. The summed E-state index contributed by atoms with van der Waals surface area (Å²) in [6.45, 7) is 1.44. The molecule has 6 heteroatoms. The van der Waals surface area contributed by atoms with E-state index in [0.29, 0.717) is 19.7 Å². The highest BCUT2D eigenvalue weighted by Gasteiger charge is 2.08. The normalized spacial score (nSPS) is 11.9. The number of methoxy groups -OCH3 is 2. The fourth-order valence-corrected chi connectivity index (χ4v) is 1.62. The van der Waals surface area contributed by atoms with Crippen molar-refractivity contribution in [1.82, 2.24) is 10.6 Å². The SMILES string of the molecule is COCCNC(=O)CNCC(O)c1ccc(OC)cc1. The zero-order chi connectivity index (χ0) is 14.8. The number of aliphatic hydroxyl groups is 1. The first-order chi connectivity index (χ1) is 9.67. The molecule has 0 fully saturated rings. The Hall–Kier alpha value is -1.63. The lowest BCUT2D eigenvalue weighted by atomic mass is 10.1. The van der Waals surface area contributed by atoms with E-state index >= 15 is 0 Å². The van der Waals surface area contributed by atoms with Gasteiger partial charge in [-0.05, 0) is 17.7 Å². The van der Waals surface area contributed by atoms with Crippen molar-refractivity contribution in [3.8, 4) is 5.75 Å². The van der Waals surface area contributed by atoms with Gasteiger partial charge in [0, 0.05) is 20.2 Å². The molecule has 0 aromatic heterocycles. The second kappa shape index (κ2) is 9.30. The van der Waals surface area contributed by atoms with Crippen molar-refractivity contribution >= 4 is 5.91 Å². The molecule has 0 saturated heterocycles. The average molecular weight is 282 g/mol. The topological polar surface area (TPSA) is 79.8 Å². The maximum absolute atomic E-state index is 11.4. The summed E-state index contributed by atoms with van der Waals surface area (Å²) < 4.78 is 9.87. The van der Waals surface area contributed by atoms with Gasteiger partial charge in [0.1, 0.15) is 5.75 Å². The van der Waals surface area contributed by atoms with Gasteiger partial charge in [0.05, 0.1) is 26.4 Å². The van der Waals surface area contributed by atoms with Crippen LogP contribution < -0.4 is 15.4 Å². The Kier molecular flexibility index (Phi) is 7.64. The predicted octanol–water partition coefficient (Wildman–Crippen LogP) is 0.0808. The molecular weight excluding hydrogens is 260 g/mol. The second-order valence-corrected chi connectivity index (χ2v) is 4.26. The number of amides is 1. The molecule has 0 radical (unpaired) electrons. The maximum atomic E-state index is 11.4. The Morgan fingerprint density at radius 1 is 1.30 bits per heavy atom. The van der Waals surface area contributed by atoms with E-state index < -0.39 is 6.10 Å². The molecule has 0 bridgehead atoms. The van der Waals surface area contributed by atoms with Crippen molar-refractivity contribution in [3.05, 3.63) is 29.8 Å². The first kappa shape index (κ1) is 16.4. The fourth-order valence-electron chi connectivity index (χ4n) is 1.62. The minimum atomic E-state index is -0.660. The molecule has 0 spiro atoms. The Labute approximate surface area is 119 Å². The number of ether oxygens (including phenoxy) is 2. The quantitative estimate of drug-likeness (QED) is 0.559. The van der Waals surface area contributed by atoms with Gasteiger partial charge in [0.15, 0.2) is 0 Å². The highest BCUT2D eigenvalue weighted by Crippen LogP contribution is 2.16. The lowest BCUT2D eigenvalue weighted by Gasteiger charge is -2.12. The van der Waals surface area contributed by atoms with E-state index in [2.05, 4.69) is 10.6 Å². The zero-order valence-electron chi connectivity index (χ0n) is 11.9. The first-order valence-corrected chi connectivity index (χ1v) is 6.45. The van der Waals surface area contributed by atoms with E-state index in [1.807, 2.05) is 0 Å². The van der Waals surface area contributed by atoms with Crippen LogP contribution in [0.2, 0.25) is 0 Å². The molecule has 0 aliphatic rings. The van der Waals surface area contributed by atoms with E-state index in [4.69, 9.17) is 9.47 Å². The molecule has 1 unspecified atom stereocenters. The highest BCUT2D eigenvalue weighted by molar-refractivity contribution is 5.77. The van der Waals surface area contributed by atoms with Gasteiger partial charge in [0.2, 0.25) is 5.91 Å². The number of hydrogen-bond donors (Lipinski definition) is 3. The predicted molar refractivity (Wildman–Crippen MR) is 75.7 cm³/mol. The van der Waals surface area contributed by atoms with Crippen LogP contribution in [0.3, 0.4) is 0 Å². The van der Waals surface area contributed by atoms with Crippen molar-refractivity contribution < 1.29 is 19.4 Å². The van der Waals surface area contributed by atoms with E-state index in [-0.39, 0.29) is 12.5 Å². The highest BCUT2D eigenvalue weighted by atomic mass is 16.5. The third-order valence-corrected chi connectivity index (χ3v) is 2.75. The van der Waals surface area contributed by atoms with Crippen LogP contribution in [0.4, 0.5) is 0 Å². The third-order valence-electron chi connectivity index (χ3n) is 2.75. The van der Waals surface area contributed by atoms with Crippen molar-refractivity contribution in [3.63, 3.8) is 0 Å². The van der Waals surface area contributed by atoms with Crippen LogP contribution in [0.5, 0.6) is 5.75 Å². The van der Waals surface area contributed by atoms with E-state index in [1.165, 1.54) is 0 Å².